The highest BCUT2D eigenvalue weighted by molar-refractivity contribution is 5.27. The van der Waals surface area contributed by atoms with Crippen LogP contribution in [0.2, 0.25) is 0 Å². The summed E-state index contributed by atoms with van der Waals surface area (Å²) >= 11 is 0. The molecule has 1 aromatic rings. The second-order valence-electron chi connectivity index (χ2n) is 11.5. The van der Waals surface area contributed by atoms with Gasteiger partial charge in [-0.25, -0.2) is 0 Å². The van der Waals surface area contributed by atoms with Gasteiger partial charge in [0.2, 0.25) is 5.95 Å². The van der Waals surface area contributed by atoms with E-state index in [1.54, 1.807) is 0 Å². The summed E-state index contributed by atoms with van der Waals surface area (Å²) in [5.41, 5.74) is -1.93. The lowest BCUT2D eigenvalue weighted by Gasteiger charge is -2.51. The average molecular weight is 441 g/mol. The van der Waals surface area contributed by atoms with Gasteiger partial charge in [0.25, 0.3) is 0 Å². The summed E-state index contributed by atoms with van der Waals surface area (Å²) in [6.45, 7) is 15.6. The van der Waals surface area contributed by atoms with Gasteiger partial charge < -0.3 is 20.5 Å². The number of nitrogens with zero attached hydrogens (tertiary/aromatic N) is 5. The van der Waals surface area contributed by atoms with E-state index in [4.69, 9.17) is 4.74 Å². The number of piperidine rings is 2. The van der Waals surface area contributed by atoms with Crippen molar-refractivity contribution in [1.82, 2.24) is 25.1 Å². The lowest BCUT2D eigenvalue weighted by molar-refractivity contribution is -0.255. The first kappa shape index (κ1) is 24.0. The van der Waals surface area contributed by atoms with Crippen LogP contribution in [-0.2, 0) is 0 Å². The SMILES string of the molecule is CC1(C)CC(Nc2nc(F)nc(OC3CC(C)(C)N(O)C(C)(C)C3)n2)CC(C)(C)N1O. The van der Waals surface area contributed by atoms with E-state index < -0.39 is 28.2 Å². The molecule has 3 N–H and O–H groups in total. The van der Waals surface area contributed by atoms with Gasteiger partial charge >= 0.3 is 12.1 Å². The monoisotopic (exact) mass is 440 g/mol. The number of rotatable bonds is 4. The summed E-state index contributed by atoms with van der Waals surface area (Å²) in [7, 11) is 0. The zero-order valence-electron chi connectivity index (χ0n) is 19.9. The smallest absolute Gasteiger partial charge is 0.324 e. The minimum atomic E-state index is -0.913. The Morgan fingerprint density at radius 1 is 0.806 bits per heavy atom. The lowest BCUT2D eigenvalue weighted by Crippen LogP contribution is -2.61. The van der Waals surface area contributed by atoms with E-state index >= 15 is 0 Å². The maximum absolute atomic E-state index is 14.2. The summed E-state index contributed by atoms with van der Waals surface area (Å²) in [5.74, 6) is 0.114. The number of anilines is 1. The molecule has 10 heteroatoms. The standard InChI is InChI=1S/C21H37FN6O3/c1-18(2)9-13(10-19(3,4)27(18)29)23-16-24-15(22)25-17(26-16)31-14-11-20(5,6)28(30)21(7,8)12-14/h13-14,29-30H,9-12H2,1-8H3,(H,23,24,25,26). The maximum atomic E-state index is 14.2. The van der Waals surface area contributed by atoms with E-state index in [0.29, 0.717) is 25.7 Å². The summed E-state index contributed by atoms with van der Waals surface area (Å²) in [5, 5.41) is 26.9. The van der Waals surface area contributed by atoms with Crippen LogP contribution in [0.5, 0.6) is 6.01 Å². The Morgan fingerprint density at radius 3 is 1.74 bits per heavy atom. The topological polar surface area (TPSA) is 107 Å². The fraction of sp³-hybridized carbons (Fsp3) is 0.857. The molecule has 0 amide bonds. The van der Waals surface area contributed by atoms with Crippen LogP contribution in [0.4, 0.5) is 10.3 Å². The molecule has 0 bridgehead atoms. The Bertz CT molecular complexity index is 718. The van der Waals surface area contributed by atoms with Crippen molar-refractivity contribution in [3.05, 3.63) is 6.08 Å². The molecule has 2 fully saturated rings. The van der Waals surface area contributed by atoms with E-state index in [1.165, 1.54) is 10.1 Å². The molecule has 2 aliphatic rings. The van der Waals surface area contributed by atoms with Crippen LogP contribution in [-0.4, -0.2) is 69.8 Å². The summed E-state index contributed by atoms with van der Waals surface area (Å²) in [4.78, 5) is 11.8. The number of ether oxygens (including phenoxy) is 1. The first-order valence-electron chi connectivity index (χ1n) is 10.9. The fourth-order valence-electron chi connectivity index (χ4n) is 5.42. The third-order valence-electron chi connectivity index (χ3n) is 6.43. The predicted octanol–water partition coefficient (Wildman–Crippen LogP) is 3.62. The molecule has 3 rings (SSSR count). The van der Waals surface area contributed by atoms with Gasteiger partial charge in [-0.05, 0) is 68.2 Å². The van der Waals surface area contributed by atoms with Crippen molar-refractivity contribution in [3.8, 4) is 6.01 Å². The summed E-state index contributed by atoms with van der Waals surface area (Å²) < 4.78 is 20.1. The molecule has 0 radical (unpaired) electrons. The Hall–Kier alpha value is -1.62. The Labute approximate surface area is 183 Å². The molecule has 0 atom stereocenters. The van der Waals surface area contributed by atoms with Crippen LogP contribution < -0.4 is 10.1 Å². The molecular weight excluding hydrogens is 403 g/mol. The largest absolute Gasteiger partial charge is 0.460 e. The van der Waals surface area contributed by atoms with Gasteiger partial charge in [-0.15, -0.1) is 4.98 Å². The van der Waals surface area contributed by atoms with Crippen molar-refractivity contribution in [3.63, 3.8) is 0 Å². The lowest BCUT2D eigenvalue weighted by atomic mass is 9.79. The summed E-state index contributed by atoms with van der Waals surface area (Å²) in [6, 6.07) is -0.130. The molecule has 3 heterocycles. The molecule has 31 heavy (non-hydrogen) atoms. The molecule has 1 aromatic heterocycles. The van der Waals surface area contributed by atoms with Crippen LogP contribution in [0.25, 0.3) is 0 Å². The molecule has 0 aromatic carbocycles. The number of hydroxylamine groups is 4. The third kappa shape index (κ3) is 5.08. The van der Waals surface area contributed by atoms with Crippen molar-refractivity contribution in [2.45, 2.75) is 115 Å². The normalized spacial score (nSPS) is 26.5. The molecule has 0 unspecified atom stereocenters. The van der Waals surface area contributed by atoms with Gasteiger partial charge in [0.15, 0.2) is 0 Å². The number of halogens is 1. The average Bonchev–Trinajstić information content (AvgIpc) is 2.56. The Kier molecular flexibility index (Phi) is 6.01. The first-order valence-corrected chi connectivity index (χ1v) is 10.9. The van der Waals surface area contributed by atoms with Crippen molar-refractivity contribution < 1.29 is 19.5 Å². The number of hydrogen-bond acceptors (Lipinski definition) is 9. The van der Waals surface area contributed by atoms with Gasteiger partial charge in [0.05, 0.1) is 0 Å². The Morgan fingerprint density at radius 2 is 1.26 bits per heavy atom. The van der Waals surface area contributed by atoms with Crippen LogP contribution in [0, 0.1) is 6.08 Å². The highest BCUT2D eigenvalue weighted by Crippen LogP contribution is 2.39. The van der Waals surface area contributed by atoms with Crippen LogP contribution in [0.1, 0.15) is 81.1 Å². The molecule has 0 spiro atoms. The van der Waals surface area contributed by atoms with Crippen molar-refractivity contribution >= 4 is 5.95 Å². The first-order chi connectivity index (χ1) is 14.0. The van der Waals surface area contributed by atoms with Crippen molar-refractivity contribution in [2.75, 3.05) is 5.32 Å². The van der Waals surface area contributed by atoms with Gasteiger partial charge in [-0.1, -0.05) is 0 Å². The van der Waals surface area contributed by atoms with Crippen molar-refractivity contribution in [2.24, 2.45) is 0 Å². The van der Waals surface area contributed by atoms with E-state index in [-0.39, 0.29) is 24.1 Å². The predicted molar refractivity (Wildman–Crippen MR) is 114 cm³/mol. The zero-order valence-corrected chi connectivity index (χ0v) is 19.9. The Balaban J connectivity index is 1.75. The van der Waals surface area contributed by atoms with Gasteiger partial charge in [-0.3, -0.25) is 0 Å². The van der Waals surface area contributed by atoms with Crippen LogP contribution in [0.3, 0.4) is 0 Å². The number of nitrogens with one attached hydrogen (secondary N) is 1. The molecule has 9 nitrogen and oxygen atoms in total. The highest BCUT2D eigenvalue weighted by atomic mass is 19.1. The van der Waals surface area contributed by atoms with Gasteiger partial charge in [0.1, 0.15) is 6.10 Å². The molecule has 0 aliphatic carbocycles. The summed E-state index contributed by atoms with van der Waals surface area (Å²) in [6.07, 6.45) is 1.16. The van der Waals surface area contributed by atoms with E-state index in [0.717, 1.165) is 0 Å². The molecular formula is C21H37FN6O3. The fourth-order valence-corrected chi connectivity index (χ4v) is 5.42. The molecule has 0 saturated carbocycles. The number of hydrogen-bond donors (Lipinski definition) is 3. The van der Waals surface area contributed by atoms with Gasteiger partial charge in [-0.2, -0.15) is 24.5 Å². The second kappa shape index (κ2) is 7.75. The zero-order chi connectivity index (χ0) is 23.4. The second-order valence-corrected chi connectivity index (χ2v) is 11.5. The van der Waals surface area contributed by atoms with E-state index in [1.807, 2.05) is 55.4 Å². The number of aromatic nitrogens is 3. The minimum Gasteiger partial charge on any atom is -0.460 e. The quantitative estimate of drug-likeness (QED) is 0.647. The van der Waals surface area contributed by atoms with Gasteiger partial charge in [0, 0.05) is 41.0 Å². The van der Waals surface area contributed by atoms with E-state index in [9.17, 15) is 14.8 Å². The molecule has 176 valence electrons. The minimum absolute atomic E-state index is 0.0569. The van der Waals surface area contributed by atoms with Crippen LogP contribution in [0.15, 0.2) is 0 Å². The van der Waals surface area contributed by atoms with Crippen LogP contribution >= 0.6 is 0 Å². The van der Waals surface area contributed by atoms with E-state index in [2.05, 4.69) is 20.3 Å². The third-order valence-corrected chi connectivity index (χ3v) is 6.43. The van der Waals surface area contributed by atoms with Crippen molar-refractivity contribution in [1.29, 1.82) is 0 Å². The molecule has 2 saturated heterocycles. The highest BCUT2D eigenvalue weighted by Gasteiger charge is 2.47. The molecule has 2 aliphatic heterocycles. The maximum Gasteiger partial charge on any atom is 0.324 e.